The van der Waals surface area contributed by atoms with Crippen LogP contribution in [0.15, 0.2) is 4.99 Å². The first kappa shape index (κ1) is 21.0. The van der Waals surface area contributed by atoms with Crippen LogP contribution in [0.4, 0.5) is 0 Å². The van der Waals surface area contributed by atoms with Gasteiger partial charge in [0.25, 0.3) is 0 Å². The van der Waals surface area contributed by atoms with Crippen molar-refractivity contribution >= 4 is 29.9 Å². The van der Waals surface area contributed by atoms with Gasteiger partial charge in [0.05, 0.1) is 12.1 Å². The molecular weight excluding hydrogens is 405 g/mol. The van der Waals surface area contributed by atoms with Crippen molar-refractivity contribution in [3.05, 3.63) is 0 Å². The molecule has 1 saturated carbocycles. The lowest BCUT2D eigenvalue weighted by Crippen LogP contribution is -2.47. The van der Waals surface area contributed by atoms with E-state index in [0.29, 0.717) is 12.6 Å². The molecule has 0 radical (unpaired) electrons. The third kappa shape index (κ3) is 6.74. The third-order valence-corrected chi connectivity index (χ3v) is 5.06. The van der Waals surface area contributed by atoms with Gasteiger partial charge in [-0.05, 0) is 38.5 Å². The Balaban J connectivity index is 0.00000264. The maximum atomic E-state index is 5.77. The largest absolute Gasteiger partial charge is 0.381 e. The molecule has 136 valence electrons. The Bertz CT molecular complexity index is 352. The molecule has 0 aromatic heterocycles. The van der Waals surface area contributed by atoms with Crippen molar-refractivity contribution in [2.75, 3.05) is 33.4 Å². The third-order valence-electron chi connectivity index (χ3n) is 5.06. The smallest absolute Gasteiger partial charge is 0.191 e. The van der Waals surface area contributed by atoms with Crippen molar-refractivity contribution < 1.29 is 9.47 Å². The molecule has 1 saturated heterocycles. The van der Waals surface area contributed by atoms with Crippen molar-refractivity contribution in [3.63, 3.8) is 0 Å². The van der Waals surface area contributed by atoms with Crippen LogP contribution in [0.1, 0.15) is 52.4 Å². The molecule has 1 aliphatic heterocycles. The molecule has 2 fully saturated rings. The average molecular weight is 439 g/mol. The summed E-state index contributed by atoms with van der Waals surface area (Å²) in [5.41, 5.74) is -0.151. The van der Waals surface area contributed by atoms with Crippen molar-refractivity contribution in [1.29, 1.82) is 0 Å². The summed E-state index contributed by atoms with van der Waals surface area (Å²) in [6, 6.07) is 0.558. The standard InChI is InChI=1S/C17H33N3O2.HI/c1-4-18-16(20-15-7-5-14(2)6-8-15)19-13-17(21-3)9-11-22-12-10-17;/h14-15H,4-13H2,1-3H3,(H2,18,19,20);1H. The van der Waals surface area contributed by atoms with E-state index in [-0.39, 0.29) is 29.6 Å². The summed E-state index contributed by atoms with van der Waals surface area (Å²) in [5.74, 6) is 1.81. The van der Waals surface area contributed by atoms with E-state index < -0.39 is 0 Å². The highest BCUT2D eigenvalue weighted by molar-refractivity contribution is 14.0. The van der Waals surface area contributed by atoms with Gasteiger partial charge in [0, 0.05) is 45.8 Å². The molecule has 0 atom stereocenters. The number of methoxy groups -OCH3 is 1. The lowest BCUT2D eigenvalue weighted by molar-refractivity contribution is -0.0828. The number of nitrogens with zero attached hydrogens (tertiary/aromatic N) is 1. The van der Waals surface area contributed by atoms with E-state index in [4.69, 9.17) is 14.5 Å². The number of halogens is 1. The summed E-state index contributed by atoms with van der Waals surface area (Å²) in [7, 11) is 1.80. The van der Waals surface area contributed by atoms with Crippen LogP contribution in [0.3, 0.4) is 0 Å². The highest BCUT2D eigenvalue weighted by atomic mass is 127. The van der Waals surface area contributed by atoms with Crippen molar-refractivity contribution in [3.8, 4) is 0 Å². The summed E-state index contributed by atoms with van der Waals surface area (Å²) in [6.07, 6.45) is 6.97. The lowest BCUT2D eigenvalue weighted by atomic mass is 9.87. The number of nitrogens with one attached hydrogen (secondary N) is 2. The predicted octanol–water partition coefficient (Wildman–Crippen LogP) is 2.93. The minimum Gasteiger partial charge on any atom is -0.381 e. The SMILES string of the molecule is CCNC(=NCC1(OC)CCOCC1)NC1CCC(C)CC1.I. The fourth-order valence-electron chi connectivity index (χ4n) is 3.31. The fraction of sp³-hybridized carbons (Fsp3) is 0.941. The molecule has 0 aromatic rings. The molecule has 0 unspecified atom stereocenters. The summed E-state index contributed by atoms with van der Waals surface area (Å²) in [4.78, 5) is 4.81. The van der Waals surface area contributed by atoms with Crippen LogP contribution in [0.25, 0.3) is 0 Å². The Labute approximate surface area is 158 Å². The minimum atomic E-state index is -0.151. The summed E-state index contributed by atoms with van der Waals surface area (Å²) >= 11 is 0. The van der Waals surface area contributed by atoms with Gasteiger partial charge in [0.1, 0.15) is 0 Å². The van der Waals surface area contributed by atoms with Gasteiger partial charge < -0.3 is 20.1 Å². The molecule has 6 heteroatoms. The molecule has 0 bridgehead atoms. The number of ether oxygens (including phenoxy) is 2. The topological polar surface area (TPSA) is 54.9 Å². The first-order valence-corrected chi connectivity index (χ1v) is 8.85. The van der Waals surface area contributed by atoms with E-state index >= 15 is 0 Å². The van der Waals surface area contributed by atoms with Crippen molar-refractivity contribution in [2.24, 2.45) is 10.9 Å². The second-order valence-corrected chi connectivity index (χ2v) is 6.80. The summed E-state index contributed by atoms with van der Waals surface area (Å²) in [5, 5.41) is 6.98. The fourth-order valence-corrected chi connectivity index (χ4v) is 3.31. The first-order valence-electron chi connectivity index (χ1n) is 8.85. The first-order chi connectivity index (χ1) is 10.7. The predicted molar refractivity (Wildman–Crippen MR) is 106 cm³/mol. The zero-order valence-corrected chi connectivity index (χ0v) is 17.2. The van der Waals surface area contributed by atoms with Crippen LogP contribution >= 0.6 is 24.0 Å². The second-order valence-electron chi connectivity index (χ2n) is 6.80. The molecule has 1 heterocycles. The van der Waals surface area contributed by atoms with Crippen LogP contribution in [0.5, 0.6) is 0 Å². The molecule has 1 aliphatic carbocycles. The maximum absolute atomic E-state index is 5.77. The zero-order valence-electron chi connectivity index (χ0n) is 14.9. The Morgan fingerprint density at radius 2 is 1.87 bits per heavy atom. The minimum absolute atomic E-state index is 0. The molecule has 23 heavy (non-hydrogen) atoms. The number of rotatable bonds is 5. The van der Waals surface area contributed by atoms with Gasteiger partial charge in [-0.3, -0.25) is 4.99 Å². The van der Waals surface area contributed by atoms with Crippen molar-refractivity contribution in [1.82, 2.24) is 10.6 Å². The van der Waals surface area contributed by atoms with Crippen LogP contribution in [0.2, 0.25) is 0 Å². The average Bonchev–Trinajstić information content (AvgIpc) is 2.56. The zero-order chi connectivity index (χ0) is 15.8. The highest BCUT2D eigenvalue weighted by Gasteiger charge is 2.32. The monoisotopic (exact) mass is 439 g/mol. The summed E-state index contributed by atoms with van der Waals surface area (Å²) < 4.78 is 11.2. The molecule has 0 amide bonds. The van der Waals surface area contributed by atoms with E-state index in [1.54, 1.807) is 7.11 Å². The van der Waals surface area contributed by atoms with Crippen LogP contribution in [-0.4, -0.2) is 51.0 Å². The Kier molecular flexibility index (Phi) is 9.77. The Morgan fingerprint density at radius 3 is 2.43 bits per heavy atom. The maximum Gasteiger partial charge on any atom is 0.191 e. The van der Waals surface area contributed by atoms with Crippen molar-refractivity contribution in [2.45, 2.75) is 64.0 Å². The van der Waals surface area contributed by atoms with Gasteiger partial charge in [-0.15, -0.1) is 24.0 Å². The Morgan fingerprint density at radius 1 is 1.22 bits per heavy atom. The van der Waals surface area contributed by atoms with E-state index in [1.807, 2.05) is 0 Å². The number of hydrogen-bond acceptors (Lipinski definition) is 3. The lowest BCUT2D eigenvalue weighted by Gasteiger charge is -2.35. The van der Waals surface area contributed by atoms with Gasteiger partial charge in [-0.25, -0.2) is 0 Å². The van der Waals surface area contributed by atoms with E-state index in [9.17, 15) is 0 Å². The van der Waals surface area contributed by atoms with Crippen LogP contribution in [0, 0.1) is 5.92 Å². The molecule has 5 nitrogen and oxygen atoms in total. The number of hydrogen-bond donors (Lipinski definition) is 2. The van der Waals surface area contributed by atoms with Gasteiger partial charge in [-0.1, -0.05) is 6.92 Å². The highest BCUT2D eigenvalue weighted by Crippen LogP contribution is 2.25. The molecule has 0 aromatic carbocycles. The van der Waals surface area contributed by atoms with Crippen LogP contribution < -0.4 is 10.6 Å². The quantitative estimate of drug-likeness (QED) is 0.393. The van der Waals surface area contributed by atoms with Gasteiger partial charge in [-0.2, -0.15) is 0 Å². The van der Waals surface area contributed by atoms with Gasteiger partial charge >= 0.3 is 0 Å². The summed E-state index contributed by atoms with van der Waals surface area (Å²) in [6.45, 7) is 7.59. The van der Waals surface area contributed by atoms with Gasteiger partial charge in [0.2, 0.25) is 0 Å². The molecule has 2 N–H and O–H groups in total. The van der Waals surface area contributed by atoms with E-state index in [2.05, 4.69) is 24.5 Å². The van der Waals surface area contributed by atoms with E-state index in [0.717, 1.165) is 44.5 Å². The Hall–Kier alpha value is -0.0800. The molecule has 2 aliphatic rings. The second kappa shape index (κ2) is 10.7. The molecule has 0 spiro atoms. The normalized spacial score (nSPS) is 27.9. The van der Waals surface area contributed by atoms with E-state index in [1.165, 1.54) is 25.7 Å². The number of aliphatic imine (C=N–C) groups is 1. The van der Waals surface area contributed by atoms with Crippen LogP contribution in [-0.2, 0) is 9.47 Å². The molecular formula is C17H34IN3O2. The molecule has 2 rings (SSSR count). The van der Waals surface area contributed by atoms with Gasteiger partial charge in [0.15, 0.2) is 5.96 Å². The number of guanidine groups is 1.